The number of aromatic nitrogens is 3. The molecule has 34 heavy (non-hydrogen) atoms. The lowest BCUT2D eigenvalue weighted by Crippen LogP contribution is -1.97. The summed E-state index contributed by atoms with van der Waals surface area (Å²) in [5.74, 6) is 0.809. The summed E-state index contributed by atoms with van der Waals surface area (Å²) in [4.78, 5) is 10.00. The summed E-state index contributed by atoms with van der Waals surface area (Å²) in [6, 6.07) is 39.0. The van der Waals surface area contributed by atoms with E-state index in [2.05, 4.69) is 65.2 Å². The molecule has 4 heteroatoms. The number of imidazole rings is 1. The van der Waals surface area contributed by atoms with Crippen LogP contribution in [0, 0.1) is 0 Å². The van der Waals surface area contributed by atoms with Crippen molar-refractivity contribution in [1.82, 2.24) is 14.5 Å². The largest absolute Gasteiger partial charge is 0.455 e. The molecule has 0 atom stereocenters. The minimum atomic E-state index is 0.702. The first kappa shape index (κ1) is 18.8. The average Bonchev–Trinajstić information content (AvgIpc) is 3.48. The van der Waals surface area contributed by atoms with Crippen LogP contribution in [0.15, 0.2) is 120 Å². The minimum absolute atomic E-state index is 0.702. The monoisotopic (exact) mass is 437 g/mol. The van der Waals surface area contributed by atoms with E-state index in [0.717, 1.165) is 55.8 Å². The van der Waals surface area contributed by atoms with E-state index >= 15 is 0 Å². The molecule has 3 aromatic heterocycles. The number of hydrogen-bond donors (Lipinski definition) is 0. The second kappa shape index (κ2) is 7.42. The van der Waals surface area contributed by atoms with E-state index in [-0.39, 0.29) is 0 Å². The fourth-order valence-corrected chi connectivity index (χ4v) is 4.67. The van der Waals surface area contributed by atoms with Crippen molar-refractivity contribution in [3.63, 3.8) is 0 Å². The van der Waals surface area contributed by atoms with Crippen molar-refractivity contribution in [1.29, 1.82) is 0 Å². The van der Waals surface area contributed by atoms with Gasteiger partial charge in [-0.2, -0.15) is 0 Å². The first-order valence-corrected chi connectivity index (χ1v) is 11.3. The van der Waals surface area contributed by atoms with E-state index < -0.39 is 0 Å². The van der Waals surface area contributed by atoms with Crippen LogP contribution in [0.5, 0.6) is 0 Å². The van der Waals surface area contributed by atoms with Crippen molar-refractivity contribution in [2.45, 2.75) is 0 Å². The predicted octanol–water partition coefficient (Wildman–Crippen LogP) is 7.65. The van der Waals surface area contributed by atoms with Crippen molar-refractivity contribution in [2.24, 2.45) is 0 Å². The standard InChI is InChI=1S/C30H19N3O/c1-3-10-20(11-4-1)25-18-19-26-29(31-25)32-30(33(26)21-12-5-2-6-13-21)24-16-9-15-23-22-14-7-8-17-27(22)34-28(23)24/h1-19H. The third-order valence-electron chi connectivity index (χ3n) is 6.25. The third kappa shape index (κ3) is 2.86. The predicted molar refractivity (Wildman–Crippen MR) is 137 cm³/mol. The second-order valence-corrected chi connectivity index (χ2v) is 8.29. The second-order valence-electron chi connectivity index (χ2n) is 8.29. The summed E-state index contributed by atoms with van der Waals surface area (Å²) in [7, 11) is 0. The number of pyridine rings is 1. The Kier molecular flexibility index (Phi) is 4.11. The zero-order valence-corrected chi connectivity index (χ0v) is 18.2. The highest BCUT2D eigenvalue weighted by atomic mass is 16.3. The molecule has 0 radical (unpaired) electrons. The summed E-state index contributed by atoms with van der Waals surface area (Å²) in [5.41, 5.74) is 7.30. The average molecular weight is 438 g/mol. The van der Waals surface area contributed by atoms with Gasteiger partial charge in [-0.1, -0.05) is 78.9 Å². The van der Waals surface area contributed by atoms with E-state index in [9.17, 15) is 0 Å². The molecule has 0 bridgehead atoms. The molecule has 7 aromatic rings. The maximum Gasteiger partial charge on any atom is 0.179 e. The third-order valence-corrected chi connectivity index (χ3v) is 6.25. The van der Waals surface area contributed by atoms with E-state index in [0.29, 0.717) is 5.65 Å². The van der Waals surface area contributed by atoms with E-state index in [1.165, 1.54) is 0 Å². The highest BCUT2D eigenvalue weighted by molar-refractivity contribution is 6.09. The van der Waals surface area contributed by atoms with Gasteiger partial charge in [-0.25, -0.2) is 9.97 Å². The van der Waals surface area contributed by atoms with Crippen LogP contribution >= 0.6 is 0 Å². The summed E-state index contributed by atoms with van der Waals surface area (Å²) in [6.07, 6.45) is 0. The maximum absolute atomic E-state index is 6.34. The van der Waals surface area contributed by atoms with Crippen LogP contribution in [0.4, 0.5) is 0 Å². The van der Waals surface area contributed by atoms with Gasteiger partial charge in [0.15, 0.2) is 11.5 Å². The van der Waals surface area contributed by atoms with Gasteiger partial charge in [0, 0.05) is 22.0 Å². The van der Waals surface area contributed by atoms with E-state index in [1.54, 1.807) is 0 Å². The fourth-order valence-electron chi connectivity index (χ4n) is 4.67. The van der Waals surface area contributed by atoms with Gasteiger partial charge in [-0.05, 0) is 36.4 Å². The van der Waals surface area contributed by atoms with Gasteiger partial charge >= 0.3 is 0 Å². The number of rotatable bonds is 3. The quantitative estimate of drug-likeness (QED) is 0.285. The van der Waals surface area contributed by atoms with Crippen molar-refractivity contribution in [3.05, 3.63) is 115 Å². The molecular weight excluding hydrogens is 418 g/mol. The van der Waals surface area contributed by atoms with Gasteiger partial charge in [0.25, 0.3) is 0 Å². The molecule has 0 unspecified atom stereocenters. The van der Waals surface area contributed by atoms with Crippen molar-refractivity contribution < 1.29 is 4.42 Å². The van der Waals surface area contributed by atoms with E-state index in [4.69, 9.17) is 14.4 Å². The lowest BCUT2D eigenvalue weighted by Gasteiger charge is -2.10. The van der Waals surface area contributed by atoms with Gasteiger partial charge in [0.1, 0.15) is 11.2 Å². The number of fused-ring (bicyclic) bond motifs is 4. The minimum Gasteiger partial charge on any atom is -0.455 e. The van der Waals surface area contributed by atoms with Crippen LogP contribution in [-0.2, 0) is 0 Å². The molecule has 3 heterocycles. The Morgan fingerprint density at radius 2 is 1.32 bits per heavy atom. The molecule has 0 aliphatic heterocycles. The van der Waals surface area contributed by atoms with Crippen molar-refractivity contribution >= 4 is 33.1 Å². The molecular formula is C30H19N3O. The molecule has 160 valence electrons. The number of nitrogens with zero attached hydrogens (tertiary/aromatic N) is 3. The van der Waals surface area contributed by atoms with Crippen LogP contribution in [-0.4, -0.2) is 14.5 Å². The van der Waals surface area contributed by atoms with Crippen LogP contribution < -0.4 is 0 Å². The van der Waals surface area contributed by atoms with Crippen molar-refractivity contribution in [3.8, 4) is 28.3 Å². The SMILES string of the molecule is c1ccc(-c2ccc3c(n2)nc(-c2cccc4c2oc2ccccc24)n3-c2ccccc2)cc1. The Bertz CT molecular complexity index is 1800. The van der Waals surface area contributed by atoms with Crippen molar-refractivity contribution in [2.75, 3.05) is 0 Å². The first-order valence-electron chi connectivity index (χ1n) is 11.3. The zero-order valence-electron chi connectivity index (χ0n) is 18.2. The fraction of sp³-hybridized carbons (Fsp3) is 0. The molecule has 0 saturated heterocycles. The molecule has 0 spiro atoms. The highest BCUT2D eigenvalue weighted by Gasteiger charge is 2.20. The molecule has 4 aromatic carbocycles. The summed E-state index contributed by atoms with van der Waals surface area (Å²) >= 11 is 0. The molecule has 0 aliphatic rings. The van der Waals surface area contributed by atoms with Gasteiger partial charge in [-0.3, -0.25) is 4.57 Å². The smallest absolute Gasteiger partial charge is 0.179 e. The van der Waals surface area contributed by atoms with Crippen LogP contribution in [0.2, 0.25) is 0 Å². The van der Waals surface area contributed by atoms with Crippen LogP contribution in [0.25, 0.3) is 61.4 Å². The number of benzene rings is 4. The Morgan fingerprint density at radius 1 is 0.588 bits per heavy atom. The molecule has 4 nitrogen and oxygen atoms in total. The maximum atomic E-state index is 6.34. The van der Waals surface area contributed by atoms with Gasteiger partial charge in [0.05, 0.1) is 16.8 Å². The summed E-state index contributed by atoms with van der Waals surface area (Å²) in [6.45, 7) is 0. The zero-order chi connectivity index (χ0) is 22.5. The summed E-state index contributed by atoms with van der Waals surface area (Å²) < 4.78 is 8.51. The summed E-state index contributed by atoms with van der Waals surface area (Å²) in [5, 5.41) is 2.18. The lowest BCUT2D eigenvalue weighted by atomic mass is 10.1. The normalized spacial score (nSPS) is 11.5. The number of furan rings is 1. The number of hydrogen-bond acceptors (Lipinski definition) is 3. The Hall–Kier alpha value is -4.70. The number of para-hydroxylation sites is 3. The first-order chi connectivity index (χ1) is 16.9. The highest BCUT2D eigenvalue weighted by Crippen LogP contribution is 2.37. The molecule has 0 fully saturated rings. The Labute approximate surface area is 195 Å². The van der Waals surface area contributed by atoms with Gasteiger partial charge in [0.2, 0.25) is 0 Å². The van der Waals surface area contributed by atoms with Gasteiger partial charge < -0.3 is 4.42 Å². The lowest BCUT2D eigenvalue weighted by molar-refractivity contribution is 0.669. The van der Waals surface area contributed by atoms with E-state index in [1.807, 2.05) is 54.6 Å². The van der Waals surface area contributed by atoms with Crippen LogP contribution in [0.1, 0.15) is 0 Å². The topological polar surface area (TPSA) is 43.9 Å². The molecule has 0 aliphatic carbocycles. The molecule has 7 rings (SSSR count). The van der Waals surface area contributed by atoms with Gasteiger partial charge in [-0.15, -0.1) is 0 Å². The molecule has 0 N–H and O–H groups in total. The Balaban J connectivity index is 1.54. The van der Waals surface area contributed by atoms with Crippen LogP contribution in [0.3, 0.4) is 0 Å². The molecule has 0 saturated carbocycles. The molecule has 0 amide bonds. The Morgan fingerprint density at radius 3 is 2.18 bits per heavy atom.